The third-order valence-corrected chi connectivity index (χ3v) is 11.3. The van der Waals surface area contributed by atoms with Crippen molar-refractivity contribution in [2.75, 3.05) is 9.80 Å². The van der Waals surface area contributed by atoms with Crippen molar-refractivity contribution in [3.05, 3.63) is 181 Å². The largest absolute Gasteiger partial charge is 0.316 e. The third kappa shape index (κ3) is 4.34. The van der Waals surface area contributed by atoms with E-state index in [1.807, 2.05) is 0 Å². The Bertz CT molecular complexity index is 3110. The van der Waals surface area contributed by atoms with Crippen molar-refractivity contribution >= 4 is 99.0 Å². The predicted molar refractivity (Wildman–Crippen MR) is 227 cm³/mol. The first-order valence-corrected chi connectivity index (χ1v) is 18.3. The summed E-state index contributed by atoms with van der Waals surface area (Å²) in [7, 11) is 2.22. The van der Waals surface area contributed by atoms with Crippen molar-refractivity contribution in [2.24, 2.45) is 7.05 Å². The van der Waals surface area contributed by atoms with Gasteiger partial charge in [-0.05, 0) is 109 Å². The molecule has 0 spiro atoms. The van der Waals surface area contributed by atoms with Gasteiger partial charge in [-0.15, -0.1) is 0 Å². The molecule has 1 aromatic heterocycles. The van der Waals surface area contributed by atoms with E-state index >= 15 is 0 Å². The fraction of sp³-hybridized carbons (Fsp3) is 0.0400. The molecule has 10 aromatic carbocycles. The molecule has 0 aliphatic rings. The summed E-state index contributed by atoms with van der Waals surface area (Å²) in [5.74, 6) is 2.22. The molecule has 0 bridgehead atoms. The zero-order valence-corrected chi connectivity index (χ0v) is 29.6. The van der Waals surface area contributed by atoms with E-state index in [0.717, 1.165) is 34.4 Å². The number of aromatic nitrogens is 1. The average molecular weight is 678 g/mol. The first kappa shape index (κ1) is 29.8. The predicted octanol–water partition coefficient (Wildman–Crippen LogP) is 14.1. The van der Waals surface area contributed by atoms with Crippen LogP contribution in [0.5, 0.6) is 0 Å². The standard InChI is InChI=1S/C50H35N3/c1-32-31-45(52(39-15-5-3-6-16-39)43-29-25-37-21-19-33-11-9-13-35-23-27-41(43)48(37)46(33)35)51(2)50(32)53(40-17-7-4-8-18-40)44-30-26-38-22-20-34-12-10-14-36-24-28-42(44)49(38)47(34)36/h3-31H,1-2H3. The normalized spacial score (nSPS) is 12.0. The number of hydrogen-bond acceptors (Lipinski definition) is 2. The molecule has 0 fully saturated rings. The topological polar surface area (TPSA) is 11.4 Å². The molecule has 0 radical (unpaired) electrons. The van der Waals surface area contributed by atoms with Gasteiger partial charge in [0.15, 0.2) is 0 Å². The quantitative estimate of drug-likeness (QED) is 0.162. The first-order chi connectivity index (χ1) is 26.1. The molecule has 0 aliphatic carbocycles. The van der Waals surface area contributed by atoms with Crippen molar-refractivity contribution in [3.8, 4) is 0 Å². The molecule has 3 heteroatoms. The molecule has 11 aromatic rings. The lowest BCUT2D eigenvalue weighted by Gasteiger charge is -2.31. The maximum absolute atomic E-state index is 2.46. The highest BCUT2D eigenvalue weighted by Gasteiger charge is 2.27. The molecule has 0 aliphatic heterocycles. The Morgan fingerprint density at radius 3 is 1.26 bits per heavy atom. The van der Waals surface area contributed by atoms with Crippen molar-refractivity contribution in [3.63, 3.8) is 0 Å². The summed E-state index contributed by atoms with van der Waals surface area (Å²) < 4.78 is 2.38. The van der Waals surface area contributed by atoms with Gasteiger partial charge in [-0.1, -0.05) is 133 Å². The van der Waals surface area contributed by atoms with E-state index in [4.69, 9.17) is 0 Å². The van der Waals surface area contributed by atoms with Crippen LogP contribution in [-0.2, 0) is 7.05 Å². The molecule has 0 N–H and O–H groups in total. The number of para-hydroxylation sites is 2. The lowest BCUT2D eigenvalue weighted by atomic mass is 9.93. The zero-order chi connectivity index (χ0) is 35.2. The van der Waals surface area contributed by atoms with E-state index in [-0.39, 0.29) is 0 Å². The summed E-state index contributed by atoms with van der Waals surface area (Å²) in [6.45, 7) is 2.25. The van der Waals surface area contributed by atoms with E-state index in [9.17, 15) is 0 Å². The molecule has 53 heavy (non-hydrogen) atoms. The fourth-order valence-electron chi connectivity index (χ4n) is 9.02. The minimum atomic E-state index is 1.09. The van der Waals surface area contributed by atoms with Gasteiger partial charge in [-0.2, -0.15) is 0 Å². The van der Waals surface area contributed by atoms with Crippen LogP contribution in [0.25, 0.3) is 64.6 Å². The van der Waals surface area contributed by atoms with Crippen LogP contribution in [0.3, 0.4) is 0 Å². The fourth-order valence-corrected chi connectivity index (χ4v) is 9.02. The van der Waals surface area contributed by atoms with E-state index in [2.05, 4.69) is 204 Å². The van der Waals surface area contributed by atoms with Crippen LogP contribution in [0.4, 0.5) is 34.4 Å². The molecule has 0 amide bonds. The van der Waals surface area contributed by atoms with Gasteiger partial charge in [0.2, 0.25) is 0 Å². The van der Waals surface area contributed by atoms with Crippen LogP contribution in [0.2, 0.25) is 0 Å². The number of anilines is 6. The van der Waals surface area contributed by atoms with Gasteiger partial charge in [-0.3, -0.25) is 9.80 Å². The summed E-state index contributed by atoms with van der Waals surface area (Å²) in [6.07, 6.45) is 0. The summed E-state index contributed by atoms with van der Waals surface area (Å²) in [5.41, 5.74) is 5.74. The Labute approximate surface area is 307 Å². The SMILES string of the molecule is Cc1cc(N(c2ccccc2)c2ccc3ccc4cccc5ccc2c3c45)n(C)c1N(c1ccccc1)c1ccc2ccc3cccc4ccc1c2c34. The maximum atomic E-state index is 2.46. The number of rotatable bonds is 6. The van der Waals surface area contributed by atoms with Crippen LogP contribution in [0.15, 0.2) is 176 Å². The lowest BCUT2D eigenvalue weighted by molar-refractivity contribution is 0.899. The van der Waals surface area contributed by atoms with E-state index < -0.39 is 0 Å². The van der Waals surface area contributed by atoms with Crippen LogP contribution in [-0.4, -0.2) is 4.57 Å². The minimum absolute atomic E-state index is 1.09. The van der Waals surface area contributed by atoms with Crippen molar-refractivity contribution in [2.45, 2.75) is 6.92 Å². The Balaban J connectivity index is 1.18. The molecule has 3 nitrogen and oxygen atoms in total. The molecule has 250 valence electrons. The van der Waals surface area contributed by atoms with Gasteiger partial charge < -0.3 is 4.57 Å². The Hall–Kier alpha value is -6.84. The highest BCUT2D eigenvalue weighted by Crippen LogP contribution is 2.49. The van der Waals surface area contributed by atoms with Gasteiger partial charge in [0.25, 0.3) is 0 Å². The zero-order valence-electron chi connectivity index (χ0n) is 29.6. The Morgan fingerprint density at radius 1 is 0.377 bits per heavy atom. The molecule has 11 rings (SSSR count). The number of hydrogen-bond donors (Lipinski definition) is 0. The van der Waals surface area contributed by atoms with Gasteiger partial charge in [0.1, 0.15) is 11.6 Å². The lowest BCUT2D eigenvalue weighted by Crippen LogP contribution is -2.18. The van der Waals surface area contributed by atoms with Gasteiger partial charge in [0.05, 0.1) is 11.4 Å². The monoisotopic (exact) mass is 677 g/mol. The Morgan fingerprint density at radius 2 is 0.774 bits per heavy atom. The second-order valence-corrected chi connectivity index (χ2v) is 14.3. The molecule has 0 unspecified atom stereocenters. The molecule has 0 saturated carbocycles. The van der Waals surface area contributed by atoms with E-state index in [1.54, 1.807) is 0 Å². The second-order valence-electron chi connectivity index (χ2n) is 14.3. The Kier molecular flexibility index (Phi) is 6.38. The summed E-state index contributed by atoms with van der Waals surface area (Å²) in [5, 5.41) is 15.4. The van der Waals surface area contributed by atoms with Crippen molar-refractivity contribution in [1.29, 1.82) is 0 Å². The van der Waals surface area contributed by atoms with Gasteiger partial charge in [-0.25, -0.2) is 0 Å². The van der Waals surface area contributed by atoms with Crippen molar-refractivity contribution < 1.29 is 0 Å². The van der Waals surface area contributed by atoms with E-state index in [0.29, 0.717) is 0 Å². The van der Waals surface area contributed by atoms with Gasteiger partial charge in [0, 0.05) is 29.2 Å². The van der Waals surface area contributed by atoms with Crippen LogP contribution < -0.4 is 9.80 Å². The summed E-state index contributed by atoms with van der Waals surface area (Å²) >= 11 is 0. The third-order valence-electron chi connectivity index (χ3n) is 11.3. The van der Waals surface area contributed by atoms with Crippen LogP contribution in [0.1, 0.15) is 5.56 Å². The molecule has 0 saturated heterocycles. The molecule has 1 heterocycles. The minimum Gasteiger partial charge on any atom is -0.316 e. The maximum Gasteiger partial charge on any atom is 0.122 e. The second kappa shape index (κ2) is 11.3. The van der Waals surface area contributed by atoms with Crippen molar-refractivity contribution in [1.82, 2.24) is 4.57 Å². The van der Waals surface area contributed by atoms with E-state index in [1.165, 1.54) is 70.2 Å². The number of nitrogens with zero attached hydrogens (tertiary/aromatic N) is 3. The molecular formula is C50H35N3. The summed E-state index contributed by atoms with van der Waals surface area (Å²) in [4.78, 5) is 4.90. The highest BCUT2D eigenvalue weighted by atomic mass is 15.3. The first-order valence-electron chi connectivity index (χ1n) is 18.3. The van der Waals surface area contributed by atoms with Crippen LogP contribution in [0, 0.1) is 6.92 Å². The van der Waals surface area contributed by atoms with Crippen LogP contribution >= 0.6 is 0 Å². The molecular weight excluding hydrogens is 643 g/mol. The smallest absolute Gasteiger partial charge is 0.122 e. The van der Waals surface area contributed by atoms with Gasteiger partial charge >= 0.3 is 0 Å². The average Bonchev–Trinajstić information content (AvgIpc) is 3.49. The highest BCUT2D eigenvalue weighted by molar-refractivity contribution is 6.27. The number of benzene rings is 10. The summed E-state index contributed by atoms with van der Waals surface area (Å²) in [6, 6.07) is 64.6. The molecule has 0 atom stereocenters. The number of aryl methyl sites for hydroxylation is 1.